The zero-order chi connectivity index (χ0) is 30.5. The van der Waals surface area contributed by atoms with Crippen LogP contribution in [0.15, 0.2) is 176 Å². The van der Waals surface area contributed by atoms with E-state index < -0.39 is 0 Å². The molecule has 2 nitrogen and oxygen atoms in total. The Bertz CT molecular complexity index is 2480. The van der Waals surface area contributed by atoms with Gasteiger partial charge in [-0.1, -0.05) is 127 Å². The summed E-state index contributed by atoms with van der Waals surface area (Å²) in [5, 5.41) is 11.2. The van der Waals surface area contributed by atoms with Crippen LogP contribution >= 0.6 is 0 Å². The molecule has 1 heterocycles. The fraction of sp³-hybridized carbons (Fsp3) is 0. The highest BCUT2D eigenvalue weighted by Gasteiger charge is 2.13. The Morgan fingerprint density at radius 1 is 0.370 bits per heavy atom. The number of anilines is 2. The second-order valence-electron chi connectivity index (χ2n) is 11.9. The molecule has 1 N–H and O–H groups in total. The van der Waals surface area contributed by atoms with Crippen molar-refractivity contribution in [2.45, 2.75) is 0 Å². The highest BCUT2D eigenvalue weighted by atomic mass is 15.0. The van der Waals surface area contributed by atoms with E-state index in [1.54, 1.807) is 0 Å². The Hall–Kier alpha value is -6.12. The predicted molar refractivity (Wildman–Crippen MR) is 196 cm³/mol. The maximum Gasteiger partial charge on any atom is 0.0541 e. The van der Waals surface area contributed by atoms with Crippen LogP contribution in [-0.2, 0) is 0 Å². The van der Waals surface area contributed by atoms with Gasteiger partial charge in [0.05, 0.1) is 11.0 Å². The normalized spacial score (nSPS) is 11.5. The summed E-state index contributed by atoms with van der Waals surface area (Å²) in [4.78, 5) is 0. The third-order valence-corrected chi connectivity index (χ3v) is 9.14. The Morgan fingerprint density at radius 3 is 1.65 bits per heavy atom. The average molecular weight is 587 g/mol. The molecule has 216 valence electrons. The zero-order valence-corrected chi connectivity index (χ0v) is 25.2. The molecule has 0 aliphatic rings. The number of hydrogen-bond donors (Lipinski definition) is 1. The lowest BCUT2D eigenvalue weighted by Gasteiger charge is -2.14. The fourth-order valence-corrected chi connectivity index (χ4v) is 6.99. The summed E-state index contributed by atoms with van der Waals surface area (Å²) in [6, 6.07) is 63.3. The SMILES string of the molecule is c1ccc(-c2cccc3cccc(-c4ccc(Nc5ccc6ccc(-n7c8ccccc8c8ccccc87)cc6c5)cc4)c23)cc1. The van der Waals surface area contributed by atoms with Crippen LogP contribution in [-0.4, -0.2) is 4.57 Å². The van der Waals surface area contributed by atoms with Gasteiger partial charge in [-0.3, -0.25) is 0 Å². The first-order valence-electron chi connectivity index (χ1n) is 15.8. The standard InChI is InChI=1S/C44H30N2/c1-2-10-31(11-3-1)38-16-8-12-33-13-9-17-39(44(33)38)32-21-24-35(25-22-32)45-36-26-20-30-23-27-37(29-34(30)28-36)46-42-18-6-4-14-40(42)41-15-5-7-19-43(41)46/h1-29,45H. The van der Waals surface area contributed by atoms with Crippen molar-refractivity contribution in [3.05, 3.63) is 176 Å². The first kappa shape index (κ1) is 26.3. The van der Waals surface area contributed by atoms with E-state index in [0.717, 1.165) is 17.1 Å². The third kappa shape index (κ3) is 4.43. The molecule has 0 aliphatic carbocycles. The first-order chi connectivity index (χ1) is 22.8. The number of nitrogens with zero attached hydrogens (tertiary/aromatic N) is 1. The molecule has 0 spiro atoms. The van der Waals surface area contributed by atoms with Crippen molar-refractivity contribution < 1.29 is 0 Å². The summed E-state index contributed by atoms with van der Waals surface area (Å²) in [5.41, 5.74) is 10.7. The van der Waals surface area contributed by atoms with E-state index in [9.17, 15) is 0 Å². The molecule has 0 fully saturated rings. The van der Waals surface area contributed by atoms with Gasteiger partial charge in [0.2, 0.25) is 0 Å². The van der Waals surface area contributed by atoms with Crippen molar-refractivity contribution in [3.63, 3.8) is 0 Å². The van der Waals surface area contributed by atoms with Crippen LogP contribution < -0.4 is 5.32 Å². The van der Waals surface area contributed by atoms with E-state index in [1.807, 2.05) is 0 Å². The molecule has 0 amide bonds. The van der Waals surface area contributed by atoms with Crippen LogP contribution in [0.3, 0.4) is 0 Å². The molecule has 9 rings (SSSR count). The summed E-state index contributed by atoms with van der Waals surface area (Å²) >= 11 is 0. The zero-order valence-electron chi connectivity index (χ0n) is 25.2. The molecule has 0 unspecified atom stereocenters. The number of aromatic nitrogens is 1. The van der Waals surface area contributed by atoms with Crippen molar-refractivity contribution in [1.82, 2.24) is 4.57 Å². The van der Waals surface area contributed by atoms with E-state index in [4.69, 9.17) is 0 Å². The van der Waals surface area contributed by atoms with Crippen molar-refractivity contribution in [1.29, 1.82) is 0 Å². The summed E-state index contributed by atoms with van der Waals surface area (Å²) < 4.78 is 2.37. The molecule has 9 aromatic rings. The lowest BCUT2D eigenvalue weighted by Crippen LogP contribution is -1.94. The van der Waals surface area contributed by atoms with Gasteiger partial charge in [0, 0.05) is 27.8 Å². The summed E-state index contributed by atoms with van der Waals surface area (Å²) in [6.07, 6.45) is 0. The van der Waals surface area contributed by atoms with Gasteiger partial charge in [-0.25, -0.2) is 0 Å². The van der Waals surface area contributed by atoms with Crippen LogP contribution in [0.25, 0.3) is 71.3 Å². The van der Waals surface area contributed by atoms with Gasteiger partial charge in [0.25, 0.3) is 0 Å². The first-order valence-corrected chi connectivity index (χ1v) is 15.8. The maximum atomic E-state index is 3.66. The monoisotopic (exact) mass is 586 g/mol. The van der Waals surface area contributed by atoms with Gasteiger partial charge >= 0.3 is 0 Å². The minimum absolute atomic E-state index is 1.06. The average Bonchev–Trinajstić information content (AvgIpc) is 3.46. The summed E-state index contributed by atoms with van der Waals surface area (Å²) in [6.45, 7) is 0. The molecule has 0 atom stereocenters. The van der Waals surface area contributed by atoms with Crippen LogP contribution in [0, 0.1) is 0 Å². The lowest BCUT2D eigenvalue weighted by atomic mass is 9.91. The number of fused-ring (bicyclic) bond motifs is 5. The molecule has 2 heteroatoms. The number of hydrogen-bond acceptors (Lipinski definition) is 1. The minimum Gasteiger partial charge on any atom is -0.356 e. The van der Waals surface area contributed by atoms with Gasteiger partial charge in [0.15, 0.2) is 0 Å². The minimum atomic E-state index is 1.06. The van der Waals surface area contributed by atoms with Crippen LogP contribution in [0.1, 0.15) is 0 Å². The number of benzene rings is 8. The van der Waals surface area contributed by atoms with Crippen molar-refractivity contribution >= 4 is 54.7 Å². The predicted octanol–water partition coefficient (Wildman–Crippen LogP) is 12.2. The van der Waals surface area contributed by atoms with Gasteiger partial charge in [-0.05, 0) is 92.3 Å². The second-order valence-corrected chi connectivity index (χ2v) is 11.9. The number of rotatable bonds is 5. The Morgan fingerprint density at radius 2 is 0.957 bits per heavy atom. The smallest absolute Gasteiger partial charge is 0.0541 e. The molecule has 8 aromatic carbocycles. The highest BCUT2D eigenvalue weighted by molar-refractivity contribution is 6.09. The Kier molecular flexibility index (Phi) is 6.17. The topological polar surface area (TPSA) is 17.0 Å². The van der Waals surface area contributed by atoms with Crippen LogP contribution in [0.4, 0.5) is 11.4 Å². The lowest BCUT2D eigenvalue weighted by molar-refractivity contribution is 1.19. The number of para-hydroxylation sites is 2. The largest absolute Gasteiger partial charge is 0.356 e. The van der Waals surface area contributed by atoms with E-state index in [-0.39, 0.29) is 0 Å². The van der Waals surface area contributed by atoms with E-state index >= 15 is 0 Å². The molecule has 0 bridgehead atoms. The van der Waals surface area contributed by atoms with Crippen molar-refractivity contribution in [3.8, 4) is 27.9 Å². The highest BCUT2D eigenvalue weighted by Crippen LogP contribution is 2.37. The second kappa shape index (κ2) is 10.8. The molecule has 0 saturated heterocycles. The van der Waals surface area contributed by atoms with Crippen molar-refractivity contribution in [2.75, 3.05) is 5.32 Å². The molecular weight excluding hydrogens is 556 g/mol. The Labute approximate surface area is 267 Å². The quantitative estimate of drug-likeness (QED) is 0.212. The molecule has 1 aromatic heterocycles. The van der Waals surface area contributed by atoms with E-state index in [2.05, 4.69) is 186 Å². The van der Waals surface area contributed by atoms with Gasteiger partial charge in [-0.15, -0.1) is 0 Å². The van der Waals surface area contributed by atoms with Gasteiger partial charge in [0.1, 0.15) is 0 Å². The molecular formula is C44H30N2. The molecule has 46 heavy (non-hydrogen) atoms. The van der Waals surface area contributed by atoms with E-state index in [0.29, 0.717) is 0 Å². The van der Waals surface area contributed by atoms with Crippen molar-refractivity contribution in [2.24, 2.45) is 0 Å². The third-order valence-electron chi connectivity index (χ3n) is 9.14. The van der Waals surface area contributed by atoms with E-state index in [1.165, 1.54) is 65.6 Å². The summed E-state index contributed by atoms with van der Waals surface area (Å²) in [5.74, 6) is 0. The molecule has 0 radical (unpaired) electrons. The van der Waals surface area contributed by atoms with Gasteiger partial charge < -0.3 is 9.88 Å². The summed E-state index contributed by atoms with van der Waals surface area (Å²) in [7, 11) is 0. The maximum absolute atomic E-state index is 3.66. The fourth-order valence-electron chi connectivity index (χ4n) is 6.99. The van der Waals surface area contributed by atoms with Gasteiger partial charge in [-0.2, -0.15) is 0 Å². The molecule has 0 saturated carbocycles. The number of nitrogens with one attached hydrogen (secondary N) is 1. The molecule has 0 aliphatic heterocycles. The van der Waals surface area contributed by atoms with Crippen LogP contribution in [0.5, 0.6) is 0 Å². The Balaban J connectivity index is 1.06. The van der Waals surface area contributed by atoms with Crippen LogP contribution in [0.2, 0.25) is 0 Å².